The molecule has 142 valence electrons. The van der Waals surface area contributed by atoms with E-state index in [9.17, 15) is 9.59 Å². The molecule has 1 aromatic heterocycles. The number of nitrogens with one attached hydrogen (secondary N) is 2. The average Bonchev–Trinajstić information content (AvgIpc) is 3.02. The van der Waals surface area contributed by atoms with E-state index < -0.39 is 11.6 Å². The molecule has 6 nitrogen and oxygen atoms in total. The Balaban J connectivity index is 1.38. The zero-order chi connectivity index (χ0) is 19.3. The number of aromatic amines is 1. The zero-order valence-corrected chi connectivity index (χ0v) is 15.6. The fourth-order valence-electron chi connectivity index (χ4n) is 3.90. The summed E-state index contributed by atoms with van der Waals surface area (Å²) in [7, 11) is 0. The minimum Gasteiger partial charge on any atom is -0.445 e. The lowest BCUT2D eigenvalue weighted by atomic mass is 9.85. The Kier molecular flexibility index (Phi) is 3.75. The van der Waals surface area contributed by atoms with Gasteiger partial charge in [0.25, 0.3) is 5.91 Å². The quantitative estimate of drug-likeness (QED) is 0.679. The van der Waals surface area contributed by atoms with Gasteiger partial charge in [-0.15, -0.1) is 0 Å². The van der Waals surface area contributed by atoms with Crippen molar-refractivity contribution < 1.29 is 14.3 Å². The first-order valence-electron chi connectivity index (χ1n) is 9.64. The second kappa shape index (κ2) is 6.19. The number of rotatable bonds is 3. The van der Waals surface area contributed by atoms with E-state index in [1.54, 1.807) is 19.1 Å². The number of carbonyl (C=O) groups excluding carboxylic acids is 2. The van der Waals surface area contributed by atoms with Crippen LogP contribution in [0.5, 0.6) is 0 Å². The van der Waals surface area contributed by atoms with Crippen LogP contribution < -0.4 is 5.32 Å². The summed E-state index contributed by atoms with van der Waals surface area (Å²) in [5.41, 5.74) is 2.55. The molecule has 2 aliphatic rings. The highest BCUT2D eigenvalue weighted by Gasteiger charge is 2.42. The Hall–Kier alpha value is -3.15. The van der Waals surface area contributed by atoms with Gasteiger partial charge in [0, 0.05) is 18.0 Å². The highest BCUT2D eigenvalue weighted by atomic mass is 16.6. The molecule has 0 radical (unpaired) electrons. The molecule has 1 aliphatic heterocycles. The van der Waals surface area contributed by atoms with Gasteiger partial charge < -0.3 is 15.0 Å². The number of amides is 1. The Labute approximate surface area is 162 Å². The number of carbonyl (C=O) groups is 2. The number of anilines is 1. The summed E-state index contributed by atoms with van der Waals surface area (Å²) < 4.78 is 5.51. The Bertz CT molecular complexity index is 1100. The lowest BCUT2D eigenvalue weighted by Crippen LogP contribution is -2.48. The topological polar surface area (TPSA) is 84.1 Å². The normalized spacial score (nSPS) is 21.7. The van der Waals surface area contributed by atoms with Crippen LogP contribution in [0.15, 0.2) is 42.5 Å². The molecule has 3 aromatic rings. The van der Waals surface area contributed by atoms with E-state index in [0.29, 0.717) is 23.6 Å². The molecule has 2 heterocycles. The van der Waals surface area contributed by atoms with Crippen LogP contribution in [0.1, 0.15) is 53.8 Å². The maximum absolute atomic E-state index is 12.9. The van der Waals surface area contributed by atoms with Crippen LogP contribution in [0.2, 0.25) is 0 Å². The molecular weight excluding hydrogens is 354 g/mol. The van der Waals surface area contributed by atoms with E-state index in [-0.39, 0.29) is 5.91 Å². The van der Waals surface area contributed by atoms with Crippen LogP contribution in [0.3, 0.4) is 0 Å². The Morgan fingerprint density at radius 3 is 2.86 bits per heavy atom. The molecule has 28 heavy (non-hydrogen) atoms. The zero-order valence-electron chi connectivity index (χ0n) is 15.6. The van der Waals surface area contributed by atoms with Crippen LogP contribution in [0.4, 0.5) is 5.69 Å². The smallest absolute Gasteiger partial charge is 0.339 e. The first kappa shape index (κ1) is 17.0. The number of ether oxygens (including phenoxy) is 1. The van der Waals surface area contributed by atoms with Gasteiger partial charge >= 0.3 is 5.97 Å². The third-order valence-corrected chi connectivity index (χ3v) is 5.81. The van der Waals surface area contributed by atoms with Gasteiger partial charge in [-0.1, -0.05) is 24.6 Å². The molecule has 2 N–H and O–H groups in total. The predicted octanol–water partition coefficient (Wildman–Crippen LogP) is 3.94. The lowest BCUT2D eigenvalue weighted by Gasteiger charge is -2.33. The largest absolute Gasteiger partial charge is 0.445 e. The SMILES string of the molecule is CC1(C(=O)Nc2ccc3nc(C4CCC4)[nH]c3c2)Cc2ccccc2C(=O)O1. The third kappa shape index (κ3) is 2.76. The van der Waals surface area contributed by atoms with Crippen LogP contribution in [-0.2, 0) is 16.0 Å². The van der Waals surface area contributed by atoms with Gasteiger partial charge in [0.1, 0.15) is 5.82 Å². The molecule has 0 bridgehead atoms. The highest BCUT2D eigenvalue weighted by Crippen LogP contribution is 2.36. The van der Waals surface area contributed by atoms with Crippen molar-refractivity contribution >= 4 is 28.6 Å². The summed E-state index contributed by atoms with van der Waals surface area (Å²) in [5.74, 6) is 0.739. The Morgan fingerprint density at radius 1 is 1.25 bits per heavy atom. The van der Waals surface area contributed by atoms with Crippen LogP contribution >= 0.6 is 0 Å². The number of benzene rings is 2. The molecule has 1 fully saturated rings. The van der Waals surface area contributed by atoms with E-state index in [1.807, 2.05) is 30.3 Å². The minimum absolute atomic E-state index is 0.339. The van der Waals surface area contributed by atoms with Crippen molar-refractivity contribution in [2.45, 2.75) is 44.1 Å². The van der Waals surface area contributed by atoms with E-state index in [2.05, 4.69) is 15.3 Å². The summed E-state index contributed by atoms with van der Waals surface area (Å²) in [5, 5.41) is 2.90. The molecule has 2 aromatic carbocycles. The van der Waals surface area contributed by atoms with Crippen LogP contribution in [0.25, 0.3) is 11.0 Å². The fraction of sp³-hybridized carbons (Fsp3) is 0.318. The lowest BCUT2D eigenvalue weighted by molar-refractivity contribution is -0.134. The minimum atomic E-state index is -1.24. The maximum atomic E-state index is 12.9. The number of cyclic esters (lactones) is 1. The molecule has 1 atom stereocenters. The highest BCUT2D eigenvalue weighted by molar-refractivity contribution is 6.03. The average molecular weight is 375 g/mol. The standard InChI is InChI=1S/C22H21N3O3/c1-22(12-14-5-2-3-8-16(14)20(26)28-22)21(27)23-15-9-10-17-18(11-15)25-19(24-17)13-6-4-7-13/h2-3,5,8-11,13H,4,6-7,12H2,1H3,(H,23,27)(H,24,25). The van der Waals surface area contributed by atoms with E-state index in [0.717, 1.165) is 22.4 Å². The van der Waals surface area contributed by atoms with Crippen molar-refractivity contribution in [3.05, 3.63) is 59.4 Å². The van der Waals surface area contributed by atoms with E-state index in [4.69, 9.17) is 4.74 Å². The van der Waals surface area contributed by atoms with Crippen molar-refractivity contribution in [2.75, 3.05) is 5.32 Å². The van der Waals surface area contributed by atoms with Gasteiger partial charge in [-0.25, -0.2) is 9.78 Å². The molecule has 6 heteroatoms. The fourth-order valence-corrected chi connectivity index (χ4v) is 3.90. The third-order valence-electron chi connectivity index (χ3n) is 5.81. The van der Waals surface area contributed by atoms with Crippen LogP contribution in [0, 0.1) is 0 Å². The van der Waals surface area contributed by atoms with Crippen molar-refractivity contribution in [1.29, 1.82) is 0 Å². The summed E-state index contributed by atoms with van der Waals surface area (Å²) in [6.45, 7) is 1.65. The van der Waals surface area contributed by atoms with Gasteiger partial charge in [-0.05, 0) is 49.6 Å². The number of aromatic nitrogens is 2. The number of nitrogens with zero attached hydrogens (tertiary/aromatic N) is 1. The van der Waals surface area contributed by atoms with E-state index >= 15 is 0 Å². The monoisotopic (exact) mass is 375 g/mol. The van der Waals surface area contributed by atoms with Gasteiger partial charge in [-0.2, -0.15) is 0 Å². The number of H-pyrrole nitrogens is 1. The first-order valence-corrected chi connectivity index (χ1v) is 9.64. The van der Waals surface area contributed by atoms with Crippen molar-refractivity contribution in [2.24, 2.45) is 0 Å². The summed E-state index contributed by atoms with van der Waals surface area (Å²) >= 11 is 0. The number of esters is 1. The molecule has 0 spiro atoms. The molecule has 1 saturated carbocycles. The first-order chi connectivity index (χ1) is 13.5. The Morgan fingerprint density at radius 2 is 2.07 bits per heavy atom. The molecule has 1 unspecified atom stereocenters. The molecule has 0 saturated heterocycles. The molecule has 5 rings (SSSR count). The molecule has 1 aliphatic carbocycles. The molecular formula is C22H21N3O3. The second-order valence-corrected chi connectivity index (χ2v) is 7.89. The molecule has 1 amide bonds. The summed E-state index contributed by atoms with van der Waals surface area (Å²) in [4.78, 5) is 33.3. The number of hydrogen-bond acceptors (Lipinski definition) is 4. The predicted molar refractivity (Wildman–Crippen MR) is 105 cm³/mol. The summed E-state index contributed by atoms with van der Waals surface area (Å²) in [6.07, 6.45) is 3.95. The number of imidazole rings is 1. The van der Waals surface area contributed by atoms with Crippen molar-refractivity contribution in [3.8, 4) is 0 Å². The van der Waals surface area contributed by atoms with Crippen molar-refractivity contribution in [3.63, 3.8) is 0 Å². The van der Waals surface area contributed by atoms with Gasteiger partial charge in [0.05, 0.1) is 16.6 Å². The van der Waals surface area contributed by atoms with Gasteiger partial charge in [-0.3, -0.25) is 4.79 Å². The van der Waals surface area contributed by atoms with Crippen LogP contribution in [-0.4, -0.2) is 27.4 Å². The number of hydrogen-bond donors (Lipinski definition) is 2. The summed E-state index contributed by atoms with van der Waals surface area (Å²) in [6, 6.07) is 12.8. The maximum Gasteiger partial charge on any atom is 0.339 e. The van der Waals surface area contributed by atoms with E-state index in [1.165, 1.54) is 19.3 Å². The van der Waals surface area contributed by atoms with Gasteiger partial charge in [0.2, 0.25) is 0 Å². The second-order valence-electron chi connectivity index (χ2n) is 7.89. The van der Waals surface area contributed by atoms with Crippen molar-refractivity contribution in [1.82, 2.24) is 9.97 Å². The van der Waals surface area contributed by atoms with Gasteiger partial charge in [0.15, 0.2) is 5.60 Å². The number of fused-ring (bicyclic) bond motifs is 2.